The zero-order chi connectivity index (χ0) is 15.1. The van der Waals surface area contributed by atoms with Gasteiger partial charge in [0.1, 0.15) is 18.1 Å². The van der Waals surface area contributed by atoms with Crippen LogP contribution in [0.25, 0.3) is 0 Å². The normalized spacial score (nSPS) is 9.82. The summed E-state index contributed by atoms with van der Waals surface area (Å²) >= 11 is 0. The molecule has 2 aromatic carbocycles. The van der Waals surface area contributed by atoms with Gasteiger partial charge in [-0.1, -0.05) is 30.3 Å². The second-order valence-electron chi connectivity index (χ2n) is 4.55. The first-order chi connectivity index (χ1) is 10.2. The molecule has 6 heteroatoms. The Labute approximate surface area is 135 Å². The summed E-state index contributed by atoms with van der Waals surface area (Å²) in [5, 5.41) is 12.7. The zero-order valence-electron chi connectivity index (χ0n) is 12.0. The highest BCUT2D eigenvalue weighted by Crippen LogP contribution is 2.22. The zero-order valence-corrected chi connectivity index (χ0v) is 12.8. The number of ether oxygens (including phenoxy) is 1. The first-order valence-electron chi connectivity index (χ1n) is 6.67. The Bertz CT molecular complexity index is 606. The number of aromatic hydroxyl groups is 1. The molecule has 118 valence electrons. The molecule has 5 nitrogen and oxygen atoms in total. The maximum atomic E-state index is 11.1. The van der Waals surface area contributed by atoms with Gasteiger partial charge in [0.2, 0.25) is 0 Å². The summed E-state index contributed by atoms with van der Waals surface area (Å²) in [5.41, 5.74) is 6.42. The third-order valence-corrected chi connectivity index (χ3v) is 2.95. The molecule has 0 aliphatic rings. The van der Waals surface area contributed by atoms with Gasteiger partial charge < -0.3 is 20.9 Å². The summed E-state index contributed by atoms with van der Waals surface area (Å²) in [5.74, 6) is -0.319. The highest BCUT2D eigenvalue weighted by molar-refractivity contribution is 5.95. The molecule has 2 aromatic rings. The van der Waals surface area contributed by atoms with Crippen LogP contribution in [0.4, 0.5) is 0 Å². The lowest BCUT2D eigenvalue weighted by Gasteiger charge is -2.09. The Morgan fingerprint density at radius 3 is 2.59 bits per heavy atom. The van der Waals surface area contributed by atoms with Crippen LogP contribution in [0.3, 0.4) is 0 Å². The Morgan fingerprint density at radius 2 is 1.91 bits per heavy atom. The predicted molar refractivity (Wildman–Crippen MR) is 87.5 cm³/mol. The quantitative estimate of drug-likeness (QED) is 0.681. The van der Waals surface area contributed by atoms with E-state index < -0.39 is 5.91 Å². The van der Waals surface area contributed by atoms with Gasteiger partial charge in [-0.2, -0.15) is 0 Å². The molecule has 22 heavy (non-hydrogen) atoms. The van der Waals surface area contributed by atoms with Crippen molar-refractivity contribution in [3.8, 4) is 11.5 Å². The number of amides is 1. The van der Waals surface area contributed by atoms with Crippen LogP contribution in [0.1, 0.15) is 15.9 Å². The number of hydrogen-bond acceptors (Lipinski definition) is 4. The number of primary amides is 1. The number of hydrogen-bond donors (Lipinski definition) is 3. The third kappa shape index (κ3) is 5.27. The van der Waals surface area contributed by atoms with Gasteiger partial charge in [-0.3, -0.25) is 4.79 Å². The number of nitrogens with two attached hydrogens (primary N) is 1. The summed E-state index contributed by atoms with van der Waals surface area (Å²) in [7, 11) is 0. The molecule has 1 amide bonds. The Kier molecular flexibility index (Phi) is 7.22. The van der Waals surface area contributed by atoms with Crippen LogP contribution in [0.5, 0.6) is 11.5 Å². The van der Waals surface area contributed by atoms with Crippen molar-refractivity contribution >= 4 is 18.3 Å². The molecule has 0 bridgehead atoms. The van der Waals surface area contributed by atoms with Crippen molar-refractivity contribution in [3.63, 3.8) is 0 Å². The first kappa shape index (κ1) is 17.8. The summed E-state index contributed by atoms with van der Waals surface area (Å²) in [6, 6.07) is 14.5. The van der Waals surface area contributed by atoms with E-state index in [1.807, 2.05) is 30.3 Å². The summed E-state index contributed by atoms with van der Waals surface area (Å²) in [6.07, 6.45) is 0. The average molecular weight is 323 g/mol. The molecule has 0 spiro atoms. The molecule has 0 saturated carbocycles. The smallest absolute Gasteiger partial charge is 0.252 e. The van der Waals surface area contributed by atoms with Crippen LogP contribution in [0.15, 0.2) is 48.5 Å². The molecule has 2 rings (SSSR count). The van der Waals surface area contributed by atoms with Gasteiger partial charge in [-0.05, 0) is 23.8 Å². The van der Waals surface area contributed by atoms with Crippen LogP contribution < -0.4 is 15.8 Å². The van der Waals surface area contributed by atoms with E-state index in [1.165, 1.54) is 17.7 Å². The average Bonchev–Trinajstić information content (AvgIpc) is 2.49. The number of rotatable bonds is 7. The fourth-order valence-corrected chi connectivity index (χ4v) is 1.87. The topological polar surface area (TPSA) is 84.6 Å². The summed E-state index contributed by atoms with van der Waals surface area (Å²) in [4.78, 5) is 11.1. The van der Waals surface area contributed by atoms with E-state index in [9.17, 15) is 9.90 Å². The number of carbonyl (C=O) groups excluding carboxylic acids is 1. The van der Waals surface area contributed by atoms with Crippen molar-refractivity contribution < 1.29 is 14.6 Å². The lowest BCUT2D eigenvalue weighted by Crippen LogP contribution is -2.20. The van der Waals surface area contributed by atoms with E-state index in [4.69, 9.17) is 10.5 Å². The lowest BCUT2D eigenvalue weighted by molar-refractivity contribution is 0.0997. The predicted octanol–water partition coefficient (Wildman–Crippen LogP) is 2.08. The molecule has 0 heterocycles. The largest absolute Gasteiger partial charge is 0.507 e. The highest BCUT2D eigenvalue weighted by atomic mass is 35.5. The van der Waals surface area contributed by atoms with Gasteiger partial charge in [0.25, 0.3) is 5.91 Å². The standard InChI is InChI=1S/C16H18N2O3.ClH/c17-16(20)14-10-13(6-7-15(14)19)21-9-8-18-11-12-4-2-1-3-5-12;/h1-7,10,18-19H,8-9,11H2,(H2,17,20);1H. The molecular weight excluding hydrogens is 304 g/mol. The van der Waals surface area contributed by atoms with Crippen LogP contribution in [-0.2, 0) is 6.54 Å². The summed E-state index contributed by atoms with van der Waals surface area (Å²) < 4.78 is 5.51. The van der Waals surface area contributed by atoms with E-state index in [0.29, 0.717) is 18.9 Å². The first-order valence-corrected chi connectivity index (χ1v) is 6.67. The van der Waals surface area contributed by atoms with Crippen LogP contribution in [0, 0.1) is 0 Å². The van der Waals surface area contributed by atoms with Crippen molar-refractivity contribution in [3.05, 3.63) is 59.7 Å². The molecule has 0 radical (unpaired) electrons. The molecular formula is C16H19ClN2O3. The van der Waals surface area contributed by atoms with E-state index in [-0.39, 0.29) is 23.7 Å². The molecule has 4 N–H and O–H groups in total. The van der Waals surface area contributed by atoms with E-state index >= 15 is 0 Å². The van der Waals surface area contributed by atoms with Gasteiger partial charge >= 0.3 is 0 Å². The fraction of sp³-hybridized carbons (Fsp3) is 0.188. The SMILES string of the molecule is Cl.NC(=O)c1cc(OCCNCc2ccccc2)ccc1O. The fourth-order valence-electron chi connectivity index (χ4n) is 1.87. The lowest BCUT2D eigenvalue weighted by atomic mass is 10.2. The number of benzene rings is 2. The van der Waals surface area contributed by atoms with Crippen molar-refractivity contribution in [1.29, 1.82) is 0 Å². The van der Waals surface area contributed by atoms with Gasteiger partial charge in [-0.25, -0.2) is 0 Å². The van der Waals surface area contributed by atoms with Gasteiger partial charge in [0, 0.05) is 13.1 Å². The van der Waals surface area contributed by atoms with Gasteiger partial charge in [0.05, 0.1) is 5.56 Å². The maximum Gasteiger partial charge on any atom is 0.252 e. The van der Waals surface area contributed by atoms with Crippen LogP contribution in [0.2, 0.25) is 0 Å². The monoisotopic (exact) mass is 322 g/mol. The van der Waals surface area contributed by atoms with E-state index in [0.717, 1.165) is 6.54 Å². The molecule has 0 atom stereocenters. The molecule has 0 aromatic heterocycles. The highest BCUT2D eigenvalue weighted by Gasteiger charge is 2.08. The van der Waals surface area contributed by atoms with Crippen molar-refractivity contribution in [2.75, 3.05) is 13.2 Å². The molecule has 0 aliphatic carbocycles. The number of nitrogens with one attached hydrogen (secondary N) is 1. The maximum absolute atomic E-state index is 11.1. The van der Waals surface area contributed by atoms with Crippen LogP contribution in [-0.4, -0.2) is 24.2 Å². The van der Waals surface area contributed by atoms with Crippen molar-refractivity contribution in [2.45, 2.75) is 6.54 Å². The molecule has 0 saturated heterocycles. The number of halogens is 1. The van der Waals surface area contributed by atoms with Crippen molar-refractivity contribution in [1.82, 2.24) is 5.32 Å². The van der Waals surface area contributed by atoms with Gasteiger partial charge in [0.15, 0.2) is 0 Å². The molecule has 0 unspecified atom stereocenters. The van der Waals surface area contributed by atoms with E-state index in [2.05, 4.69) is 5.32 Å². The minimum atomic E-state index is -0.680. The van der Waals surface area contributed by atoms with Crippen LogP contribution >= 0.6 is 12.4 Å². The second-order valence-corrected chi connectivity index (χ2v) is 4.55. The molecule has 0 fully saturated rings. The Balaban J connectivity index is 0.00000242. The minimum Gasteiger partial charge on any atom is -0.507 e. The second kappa shape index (κ2) is 8.92. The molecule has 0 aliphatic heterocycles. The Morgan fingerprint density at radius 1 is 1.18 bits per heavy atom. The van der Waals surface area contributed by atoms with Gasteiger partial charge in [-0.15, -0.1) is 12.4 Å². The van der Waals surface area contributed by atoms with E-state index in [1.54, 1.807) is 6.07 Å². The number of phenols is 1. The third-order valence-electron chi connectivity index (χ3n) is 2.95. The summed E-state index contributed by atoms with van der Waals surface area (Å²) in [6.45, 7) is 1.89. The van der Waals surface area contributed by atoms with Crippen molar-refractivity contribution in [2.24, 2.45) is 5.73 Å². The Hall–Kier alpha value is -2.24. The minimum absolute atomic E-state index is 0. The number of carbonyl (C=O) groups is 1.